The first-order valence-corrected chi connectivity index (χ1v) is 8.13. The molecule has 3 rings (SSSR count). The van der Waals surface area contributed by atoms with Crippen LogP contribution in [0.1, 0.15) is 10.4 Å². The monoisotopic (exact) mass is 376 g/mol. The first-order chi connectivity index (χ1) is 11.2. The number of ether oxygens (including phenoxy) is 1. The Balaban J connectivity index is 1.69. The fraction of sp³-hybridized carbons (Fsp3) is 0.312. The molecule has 23 heavy (non-hydrogen) atoms. The molecule has 0 spiro atoms. The third-order valence-electron chi connectivity index (χ3n) is 3.81. The van der Waals surface area contributed by atoms with Crippen molar-refractivity contribution in [1.82, 2.24) is 14.9 Å². The molecule has 2 heterocycles. The fourth-order valence-corrected chi connectivity index (χ4v) is 2.95. The third-order valence-corrected chi connectivity index (χ3v) is 4.50. The van der Waals surface area contributed by atoms with Gasteiger partial charge in [0.25, 0.3) is 5.91 Å². The minimum atomic E-state index is 0.00408. The van der Waals surface area contributed by atoms with Crippen LogP contribution in [-0.4, -0.2) is 54.1 Å². The lowest BCUT2D eigenvalue weighted by Crippen LogP contribution is -2.49. The van der Waals surface area contributed by atoms with E-state index < -0.39 is 0 Å². The van der Waals surface area contributed by atoms with Crippen LogP contribution < -0.4 is 9.64 Å². The molecule has 1 amide bonds. The van der Waals surface area contributed by atoms with Crippen molar-refractivity contribution in [3.05, 3.63) is 46.7 Å². The van der Waals surface area contributed by atoms with Gasteiger partial charge in [-0.05, 0) is 40.2 Å². The Hall–Kier alpha value is -2.15. The van der Waals surface area contributed by atoms with Crippen molar-refractivity contribution in [2.45, 2.75) is 0 Å². The number of amides is 1. The van der Waals surface area contributed by atoms with E-state index in [1.165, 1.54) is 0 Å². The zero-order valence-corrected chi connectivity index (χ0v) is 14.4. The Morgan fingerprint density at radius 2 is 1.87 bits per heavy atom. The summed E-state index contributed by atoms with van der Waals surface area (Å²) >= 11 is 3.44. The van der Waals surface area contributed by atoms with E-state index in [2.05, 4.69) is 30.8 Å². The normalized spacial score (nSPS) is 14.7. The van der Waals surface area contributed by atoms with E-state index in [4.69, 9.17) is 4.74 Å². The summed E-state index contributed by atoms with van der Waals surface area (Å²) in [5.74, 6) is 1.39. The van der Waals surface area contributed by atoms with Gasteiger partial charge in [-0.1, -0.05) is 0 Å². The summed E-state index contributed by atoms with van der Waals surface area (Å²) in [5, 5.41) is 0. The molecular weight excluding hydrogens is 360 g/mol. The number of carbonyl (C=O) groups excluding carboxylic acids is 1. The van der Waals surface area contributed by atoms with Crippen LogP contribution in [0.3, 0.4) is 0 Å². The van der Waals surface area contributed by atoms with Crippen LogP contribution in [0.2, 0.25) is 0 Å². The Labute approximate surface area is 143 Å². The first-order valence-electron chi connectivity index (χ1n) is 7.34. The molecule has 1 aliphatic rings. The van der Waals surface area contributed by atoms with Crippen molar-refractivity contribution >= 4 is 27.8 Å². The number of halogens is 1. The van der Waals surface area contributed by atoms with Crippen molar-refractivity contribution in [3.8, 4) is 5.75 Å². The largest absolute Gasteiger partial charge is 0.497 e. The molecule has 6 nitrogen and oxygen atoms in total. The number of methoxy groups -OCH3 is 1. The summed E-state index contributed by atoms with van der Waals surface area (Å²) < 4.78 is 5.98. The topological polar surface area (TPSA) is 58.6 Å². The zero-order chi connectivity index (χ0) is 16.2. The molecule has 120 valence electrons. The van der Waals surface area contributed by atoms with Crippen molar-refractivity contribution in [2.75, 3.05) is 38.2 Å². The van der Waals surface area contributed by atoms with Crippen LogP contribution in [0.5, 0.6) is 5.75 Å². The van der Waals surface area contributed by atoms with Gasteiger partial charge in [-0.2, -0.15) is 0 Å². The van der Waals surface area contributed by atoms with Gasteiger partial charge in [0.05, 0.1) is 12.7 Å². The highest BCUT2D eigenvalue weighted by atomic mass is 79.9. The first kappa shape index (κ1) is 15.7. The second-order valence-corrected chi connectivity index (χ2v) is 6.03. The third kappa shape index (κ3) is 3.44. The summed E-state index contributed by atoms with van der Waals surface area (Å²) in [6.45, 7) is 2.72. The summed E-state index contributed by atoms with van der Waals surface area (Å²) in [6, 6.07) is 7.22. The van der Waals surface area contributed by atoms with Crippen LogP contribution in [0.4, 0.5) is 5.95 Å². The summed E-state index contributed by atoms with van der Waals surface area (Å²) in [6.07, 6.45) is 3.46. The van der Waals surface area contributed by atoms with Crippen molar-refractivity contribution < 1.29 is 9.53 Å². The number of nitrogens with zero attached hydrogens (tertiary/aromatic N) is 4. The second kappa shape index (κ2) is 6.95. The molecule has 1 aliphatic heterocycles. The molecule has 2 aromatic rings. The maximum Gasteiger partial charge on any atom is 0.255 e. The van der Waals surface area contributed by atoms with Gasteiger partial charge < -0.3 is 14.5 Å². The number of aromatic nitrogens is 2. The highest BCUT2D eigenvalue weighted by Crippen LogP contribution is 2.24. The lowest BCUT2D eigenvalue weighted by Gasteiger charge is -2.34. The van der Waals surface area contributed by atoms with Crippen molar-refractivity contribution in [1.29, 1.82) is 0 Å². The molecule has 0 saturated carbocycles. The van der Waals surface area contributed by atoms with Crippen molar-refractivity contribution in [3.63, 3.8) is 0 Å². The highest BCUT2D eigenvalue weighted by Gasteiger charge is 2.24. The molecule has 1 aromatic heterocycles. The quantitative estimate of drug-likeness (QED) is 0.821. The van der Waals surface area contributed by atoms with Gasteiger partial charge in [-0.25, -0.2) is 9.97 Å². The molecule has 0 unspecified atom stereocenters. The Morgan fingerprint density at radius 3 is 2.52 bits per heavy atom. The average molecular weight is 377 g/mol. The molecule has 0 N–H and O–H groups in total. The van der Waals surface area contributed by atoms with E-state index in [1.807, 2.05) is 17.0 Å². The number of benzene rings is 1. The zero-order valence-electron chi connectivity index (χ0n) is 12.8. The maximum absolute atomic E-state index is 12.7. The lowest BCUT2D eigenvalue weighted by atomic mass is 10.1. The van der Waals surface area contributed by atoms with Gasteiger partial charge in [-0.3, -0.25) is 4.79 Å². The highest BCUT2D eigenvalue weighted by molar-refractivity contribution is 9.10. The van der Waals surface area contributed by atoms with E-state index in [-0.39, 0.29) is 5.91 Å². The number of anilines is 1. The van der Waals surface area contributed by atoms with Gasteiger partial charge in [0.15, 0.2) is 0 Å². The predicted octanol–water partition coefficient (Wildman–Crippen LogP) is 2.21. The standard InChI is InChI=1S/C16H17BrN4O2/c1-23-12-3-4-14(17)13(11-12)15(22)20-7-9-21(10-8-20)16-18-5-2-6-19-16/h2-6,11H,7-10H2,1H3. The molecule has 1 saturated heterocycles. The molecule has 0 aliphatic carbocycles. The van der Waals surface area contributed by atoms with Crippen LogP contribution in [0.25, 0.3) is 0 Å². The van der Waals surface area contributed by atoms with Crippen LogP contribution in [0, 0.1) is 0 Å². The lowest BCUT2D eigenvalue weighted by molar-refractivity contribution is 0.0745. The van der Waals surface area contributed by atoms with Crippen molar-refractivity contribution in [2.24, 2.45) is 0 Å². The Kier molecular flexibility index (Phi) is 4.76. The van der Waals surface area contributed by atoms with Crippen LogP contribution in [0.15, 0.2) is 41.1 Å². The average Bonchev–Trinajstić information content (AvgIpc) is 2.62. The van der Waals surface area contributed by atoms with Gasteiger partial charge in [0, 0.05) is 43.0 Å². The molecule has 0 radical (unpaired) electrons. The summed E-state index contributed by atoms with van der Waals surface area (Å²) in [4.78, 5) is 25.2. The maximum atomic E-state index is 12.7. The van der Waals surface area contributed by atoms with Gasteiger partial charge >= 0.3 is 0 Å². The summed E-state index contributed by atoms with van der Waals surface area (Å²) in [7, 11) is 1.59. The predicted molar refractivity (Wildman–Crippen MR) is 90.8 cm³/mol. The van der Waals surface area contributed by atoms with E-state index in [1.54, 1.807) is 31.6 Å². The number of piperazine rings is 1. The number of rotatable bonds is 3. The van der Waals surface area contributed by atoms with Crippen LogP contribution in [-0.2, 0) is 0 Å². The number of hydrogen-bond acceptors (Lipinski definition) is 5. The molecule has 0 atom stereocenters. The number of carbonyl (C=O) groups is 1. The molecule has 7 heteroatoms. The SMILES string of the molecule is COc1ccc(Br)c(C(=O)N2CCN(c3ncccn3)CC2)c1. The van der Waals surface area contributed by atoms with E-state index in [0.29, 0.717) is 30.4 Å². The minimum absolute atomic E-state index is 0.00408. The second-order valence-electron chi connectivity index (χ2n) is 5.17. The van der Waals surface area contributed by atoms with Crippen LogP contribution >= 0.6 is 15.9 Å². The number of hydrogen-bond donors (Lipinski definition) is 0. The Bertz CT molecular complexity index is 688. The summed E-state index contributed by atoms with van der Waals surface area (Å²) in [5.41, 5.74) is 0.619. The van der Waals surface area contributed by atoms with Gasteiger partial charge in [0.1, 0.15) is 5.75 Å². The molecule has 0 bridgehead atoms. The van der Waals surface area contributed by atoms with Gasteiger partial charge in [0.2, 0.25) is 5.95 Å². The molecular formula is C16H17BrN4O2. The smallest absolute Gasteiger partial charge is 0.255 e. The Morgan fingerprint density at radius 1 is 1.17 bits per heavy atom. The van der Waals surface area contributed by atoms with E-state index in [9.17, 15) is 4.79 Å². The van der Waals surface area contributed by atoms with E-state index >= 15 is 0 Å². The van der Waals surface area contributed by atoms with Gasteiger partial charge in [-0.15, -0.1) is 0 Å². The minimum Gasteiger partial charge on any atom is -0.497 e. The molecule has 1 aromatic carbocycles. The fourth-order valence-electron chi connectivity index (χ4n) is 2.53. The van der Waals surface area contributed by atoms with E-state index in [0.717, 1.165) is 17.6 Å². The molecule has 1 fully saturated rings.